The lowest BCUT2D eigenvalue weighted by molar-refractivity contribution is 0.0666. The van der Waals surface area contributed by atoms with Gasteiger partial charge in [0.25, 0.3) is 5.91 Å². The molecule has 0 saturated carbocycles. The lowest BCUT2D eigenvalue weighted by Crippen LogP contribution is -2.41. The highest BCUT2D eigenvalue weighted by Crippen LogP contribution is 2.24. The first-order valence-electron chi connectivity index (χ1n) is 7.87. The number of carbonyl (C=O) groups excluding carboxylic acids is 1. The summed E-state index contributed by atoms with van der Waals surface area (Å²) >= 11 is 6.16. The third-order valence-electron chi connectivity index (χ3n) is 4.06. The van der Waals surface area contributed by atoms with Gasteiger partial charge in [0.1, 0.15) is 5.82 Å². The zero-order valence-corrected chi connectivity index (χ0v) is 14.1. The average molecular weight is 334 g/mol. The lowest BCUT2D eigenvalue weighted by atomic mass is 10.1. The summed E-state index contributed by atoms with van der Waals surface area (Å²) in [4.78, 5) is 23.2. The number of halogens is 1. The first-order valence-corrected chi connectivity index (χ1v) is 8.25. The minimum atomic E-state index is -0.129. The number of hydrogen-bond donors (Lipinski definition) is 0. The van der Waals surface area contributed by atoms with Gasteiger partial charge in [0.05, 0.1) is 17.3 Å². The molecule has 0 spiro atoms. The van der Waals surface area contributed by atoms with Gasteiger partial charge in [-0.05, 0) is 18.9 Å². The Morgan fingerprint density at radius 1 is 1.43 bits per heavy atom. The summed E-state index contributed by atoms with van der Waals surface area (Å²) in [5, 5.41) is 4.59. The van der Waals surface area contributed by atoms with Crippen LogP contribution in [0.25, 0.3) is 0 Å². The summed E-state index contributed by atoms with van der Waals surface area (Å²) in [6.45, 7) is 5.32. The maximum Gasteiger partial charge on any atom is 0.274 e. The number of hydrogen-bond acceptors (Lipinski definition) is 4. The summed E-state index contributed by atoms with van der Waals surface area (Å²) in [5.74, 6) is 0.659. The van der Waals surface area contributed by atoms with Crippen molar-refractivity contribution in [2.24, 2.45) is 0 Å². The molecule has 3 rings (SSSR count). The molecule has 1 saturated heterocycles. The Labute approximate surface area is 140 Å². The van der Waals surface area contributed by atoms with Crippen LogP contribution in [0.1, 0.15) is 55.0 Å². The summed E-state index contributed by atoms with van der Waals surface area (Å²) < 4.78 is 1.92. The third-order valence-corrected chi connectivity index (χ3v) is 4.34. The van der Waals surface area contributed by atoms with E-state index >= 15 is 0 Å². The number of likely N-dealkylation sites (tertiary alicyclic amines) is 1. The van der Waals surface area contributed by atoms with Gasteiger partial charge in [-0.25, -0.2) is 9.97 Å². The van der Waals surface area contributed by atoms with E-state index in [1.807, 2.05) is 35.7 Å². The third kappa shape index (κ3) is 3.37. The standard InChI is InChI=1S/C16H20ClN5O/c1-11(2)15-18-9-13(17)14(20-15)16(23)21-7-3-5-12(10-21)22-8-4-6-19-22/h4,6,8-9,11-12H,3,5,7,10H2,1-2H3. The molecule has 0 radical (unpaired) electrons. The smallest absolute Gasteiger partial charge is 0.274 e. The Bertz CT molecular complexity index is 686. The Hall–Kier alpha value is -1.95. The summed E-state index contributed by atoms with van der Waals surface area (Å²) in [6, 6.07) is 2.10. The highest BCUT2D eigenvalue weighted by atomic mass is 35.5. The molecule has 1 aliphatic rings. The zero-order valence-electron chi connectivity index (χ0n) is 13.3. The van der Waals surface area contributed by atoms with Gasteiger partial charge in [0.15, 0.2) is 5.69 Å². The molecule has 1 unspecified atom stereocenters. The summed E-state index contributed by atoms with van der Waals surface area (Å²) in [6.07, 6.45) is 7.17. The van der Waals surface area contributed by atoms with Crippen LogP contribution in [0.3, 0.4) is 0 Å². The normalized spacial score (nSPS) is 18.4. The highest BCUT2D eigenvalue weighted by molar-refractivity contribution is 6.33. The van der Waals surface area contributed by atoms with Gasteiger partial charge in [0, 0.05) is 31.4 Å². The van der Waals surface area contributed by atoms with E-state index < -0.39 is 0 Å². The van der Waals surface area contributed by atoms with Crippen LogP contribution in [0, 0.1) is 0 Å². The molecule has 0 N–H and O–H groups in total. The van der Waals surface area contributed by atoms with Crippen molar-refractivity contribution in [3.63, 3.8) is 0 Å². The van der Waals surface area contributed by atoms with Gasteiger partial charge >= 0.3 is 0 Å². The van der Waals surface area contributed by atoms with Gasteiger partial charge in [-0.2, -0.15) is 5.10 Å². The van der Waals surface area contributed by atoms with Crippen molar-refractivity contribution in [2.75, 3.05) is 13.1 Å². The molecule has 6 nitrogen and oxygen atoms in total. The van der Waals surface area contributed by atoms with E-state index in [-0.39, 0.29) is 17.9 Å². The fourth-order valence-corrected chi connectivity index (χ4v) is 2.98. The van der Waals surface area contributed by atoms with Crippen LogP contribution in [0.15, 0.2) is 24.7 Å². The lowest BCUT2D eigenvalue weighted by Gasteiger charge is -2.32. The van der Waals surface area contributed by atoms with E-state index in [9.17, 15) is 4.79 Å². The predicted octanol–water partition coefficient (Wildman–Crippen LogP) is 2.93. The van der Waals surface area contributed by atoms with Crippen molar-refractivity contribution in [3.05, 3.63) is 41.2 Å². The molecule has 23 heavy (non-hydrogen) atoms. The van der Waals surface area contributed by atoms with Crippen molar-refractivity contribution in [1.29, 1.82) is 0 Å². The Morgan fingerprint density at radius 3 is 2.96 bits per heavy atom. The molecule has 0 aromatic carbocycles. The average Bonchev–Trinajstić information content (AvgIpc) is 3.09. The van der Waals surface area contributed by atoms with Crippen molar-refractivity contribution < 1.29 is 4.79 Å². The number of nitrogens with zero attached hydrogens (tertiary/aromatic N) is 5. The molecular weight excluding hydrogens is 314 g/mol. The van der Waals surface area contributed by atoms with Crippen LogP contribution >= 0.6 is 11.6 Å². The number of aromatic nitrogens is 4. The molecule has 1 fully saturated rings. The van der Waals surface area contributed by atoms with Crippen LogP contribution in [0.2, 0.25) is 5.02 Å². The van der Waals surface area contributed by atoms with E-state index in [0.717, 1.165) is 12.8 Å². The van der Waals surface area contributed by atoms with Crippen molar-refractivity contribution in [3.8, 4) is 0 Å². The molecule has 0 aliphatic carbocycles. The van der Waals surface area contributed by atoms with Gasteiger partial charge in [-0.3, -0.25) is 9.48 Å². The first kappa shape index (κ1) is 15.9. The van der Waals surface area contributed by atoms with Crippen LogP contribution in [0.4, 0.5) is 0 Å². The van der Waals surface area contributed by atoms with E-state index in [4.69, 9.17) is 11.6 Å². The predicted molar refractivity (Wildman–Crippen MR) is 87.5 cm³/mol. The minimum absolute atomic E-state index is 0.129. The molecular formula is C16H20ClN5O. The quantitative estimate of drug-likeness (QED) is 0.866. The monoisotopic (exact) mass is 333 g/mol. The second-order valence-electron chi connectivity index (χ2n) is 6.11. The maximum atomic E-state index is 12.8. The summed E-state index contributed by atoms with van der Waals surface area (Å²) in [5.41, 5.74) is 0.298. The highest BCUT2D eigenvalue weighted by Gasteiger charge is 2.28. The molecule has 3 heterocycles. The topological polar surface area (TPSA) is 63.9 Å². The number of rotatable bonds is 3. The van der Waals surface area contributed by atoms with Gasteiger partial charge in [-0.15, -0.1) is 0 Å². The van der Waals surface area contributed by atoms with Gasteiger partial charge in [0.2, 0.25) is 0 Å². The van der Waals surface area contributed by atoms with E-state index in [1.54, 1.807) is 6.20 Å². The molecule has 1 atom stereocenters. The van der Waals surface area contributed by atoms with E-state index in [2.05, 4.69) is 15.1 Å². The Kier molecular flexibility index (Phi) is 4.61. The number of piperidine rings is 1. The Balaban J connectivity index is 1.81. The fourth-order valence-electron chi connectivity index (χ4n) is 2.81. The molecule has 1 aliphatic heterocycles. The first-order chi connectivity index (χ1) is 11.1. The van der Waals surface area contributed by atoms with E-state index in [1.165, 1.54) is 6.20 Å². The van der Waals surface area contributed by atoms with Gasteiger partial charge < -0.3 is 4.90 Å². The maximum absolute atomic E-state index is 12.8. The van der Waals surface area contributed by atoms with Crippen LogP contribution in [0.5, 0.6) is 0 Å². The molecule has 1 amide bonds. The minimum Gasteiger partial charge on any atom is -0.335 e. The van der Waals surface area contributed by atoms with Crippen LogP contribution in [-0.4, -0.2) is 43.6 Å². The summed E-state index contributed by atoms with van der Waals surface area (Å²) in [7, 11) is 0. The Morgan fingerprint density at radius 2 is 2.26 bits per heavy atom. The number of carbonyl (C=O) groups is 1. The second kappa shape index (κ2) is 6.66. The molecule has 0 bridgehead atoms. The molecule has 2 aromatic rings. The molecule has 7 heteroatoms. The van der Waals surface area contributed by atoms with Crippen LogP contribution < -0.4 is 0 Å². The zero-order chi connectivity index (χ0) is 16.4. The molecule has 122 valence electrons. The SMILES string of the molecule is CC(C)c1ncc(Cl)c(C(=O)N2CCCC(n3cccn3)C2)n1. The van der Waals surface area contributed by atoms with Gasteiger partial charge in [-0.1, -0.05) is 25.4 Å². The van der Waals surface area contributed by atoms with Crippen molar-refractivity contribution >= 4 is 17.5 Å². The molecule has 2 aromatic heterocycles. The number of amides is 1. The second-order valence-corrected chi connectivity index (χ2v) is 6.52. The fraction of sp³-hybridized carbons (Fsp3) is 0.500. The largest absolute Gasteiger partial charge is 0.335 e. The van der Waals surface area contributed by atoms with Crippen molar-refractivity contribution in [2.45, 2.75) is 38.6 Å². The van der Waals surface area contributed by atoms with Crippen molar-refractivity contribution in [1.82, 2.24) is 24.6 Å². The van der Waals surface area contributed by atoms with Crippen LogP contribution in [-0.2, 0) is 0 Å². The van der Waals surface area contributed by atoms with E-state index in [0.29, 0.717) is 29.6 Å².